The predicted molar refractivity (Wildman–Crippen MR) is 110 cm³/mol. The fraction of sp³-hybridized carbons (Fsp3) is 0.125. The van der Waals surface area contributed by atoms with Crippen molar-refractivity contribution >= 4 is 11.7 Å². The molecule has 0 radical (unpaired) electrons. The lowest BCUT2D eigenvalue weighted by atomic mass is 10.1. The summed E-state index contributed by atoms with van der Waals surface area (Å²) in [6.07, 6.45) is 1.17. The molecule has 0 saturated heterocycles. The van der Waals surface area contributed by atoms with Gasteiger partial charge in [-0.3, -0.25) is 0 Å². The van der Waals surface area contributed by atoms with E-state index in [1.54, 1.807) is 0 Å². The zero-order valence-corrected chi connectivity index (χ0v) is 15.5. The maximum absolute atomic E-state index is 11.6. The van der Waals surface area contributed by atoms with E-state index >= 15 is 0 Å². The van der Waals surface area contributed by atoms with Crippen molar-refractivity contribution in [1.29, 1.82) is 0 Å². The van der Waals surface area contributed by atoms with Gasteiger partial charge in [0.05, 0.1) is 0 Å². The molecule has 3 heteroatoms. The first-order valence-electron chi connectivity index (χ1n) is 8.93. The molecule has 0 bridgehead atoms. The molecule has 3 nitrogen and oxygen atoms in total. The van der Waals surface area contributed by atoms with Gasteiger partial charge in [-0.05, 0) is 35.7 Å². The normalized spacial score (nSPS) is 10.3. The van der Waals surface area contributed by atoms with Gasteiger partial charge < -0.3 is 9.64 Å². The number of carbonyl (C=O) groups excluding carboxylic acids is 1. The Labute approximate surface area is 160 Å². The smallest absolute Gasteiger partial charge is 0.335 e. The number of esters is 1. The Hall–Kier alpha value is -3.33. The lowest BCUT2D eigenvalue weighted by Crippen LogP contribution is -2.22. The monoisotopic (exact) mass is 357 g/mol. The number of anilines is 1. The second-order valence-electron chi connectivity index (χ2n) is 6.46. The van der Waals surface area contributed by atoms with Gasteiger partial charge in [-0.25, -0.2) is 4.79 Å². The third-order valence-electron chi connectivity index (χ3n) is 4.22. The highest BCUT2D eigenvalue weighted by Gasteiger charge is 2.12. The minimum absolute atomic E-state index is 0.454. The van der Waals surface area contributed by atoms with Crippen LogP contribution in [-0.4, -0.2) is 5.97 Å². The molecule has 0 aromatic heterocycles. The molecule has 136 valence electrons. The zero-order chi connectivity index (χ0) is 19.1. The first-order chi connectivity index (χ1) is 13.1. The maximum atomic E-state index is 11.6. The maximum Gasteiger partial charge on any atom is 0.335 e. The molecule has 0 aliphatic carbocycles. The van der Waals surface area contributed by atoms with E-state index in [1.807, 2.05) is 55.5 Å². The first kappa shape index (κ1) is 18.5. The Balaban J connectivity index is 1.93. The third kappa shape index (κ3) is 5.32. The van der Waals surface area contributed by atoms with Crippen molar-refractivity contribution in [2.75, 3.05) is 4.90 Å². The van der Waals surface area contributed by atoms with Gasteiger partial charge in [-0.1, -0.05) is 67.2 Å². The molecule has 0 atom stereocenters. The number of nitrogens with zero attached hydrogens (tertiary/aromatic N) is 1. The number of ether oxygens (including phenoxy) is 1. The van der Waals surface area contributed by atoms with Crippen LogP contribution in [0.1, 0.15) is 16.7 Å². The van der Waals surface area contributed by atoms with E-state index in [0.717, 1.165) is 24.3 Å². The quantitative estimate of drug-likeness (QED) is 0.327. The summed E-state index contributed by atoms with van der Waals surface area (Å²) in [6.45, 7) is 6.98. The molecule has 0 aliphatic heterocycles. The van der Waals surface area contributed by atoms with Crippen molar-refractivity contribution in [2.45, 2.75) is 20.0 Å². The summed E-state index contributed by atoms with van der Waals surface area (Å²) in [5.41, 5.74) is 4.49. The van der Waals surface area contributed by atoms with Crippen LogP contribution in [0.15, 0.2) is 91.5 Å². The number of hydrogen-bond donors (Lipinski definition) is 0. The number of carbonyl (C=O) groups is 1. The average molecular weight is 357 g/mol. The molecule has 0 heterocycles. The number of aryl methyl sites for hydroxylation is 1. The lowest BCUT2D eigenvalue weighted by Gasteiger charge is -2.26. The van der Waals surface area contributed by atoms with E-state index in [-0.39, 0.29) is 0 Å². The van der Waals surface area contributed by atoms with Crippen LogP contribution < -0.4 is 9.64 Å². The van der Waals surface area contributed by atoms with Gasteiger partial charge in [-0.2, -0.15) is 0 Å². The van der Waals surface area contributed by atoms with Crippen LogP contribution in [0.25, 0.3) is 0 Å². The van der Waals surface area contributed by atoms with Crippen molar-refractivity contribution < 1.29 is 9.53 Å². The van der Waals surface area contributed by atoms with Crippen LogP contribution >= 0.6 is 0 Å². The van der Waals surface area contributed by atoms with E-state index in [1.165, 1.54) is 17.2 Å². The average Bonchev–Trinajstić information content (AvgIpc) is 2.68. The number of rotatable bonds is 7. The topological polar surface area (TPSA) is 29.5 Å². The minimum Gasteiger partial charge on any atom is -0.423 e. The summed E-state index contributed by atoms with van der Waals surface area (Å²) < 4.78 is 5.35. The lowest BCUT2D eigenvalue weighted by molar-refractivity contribution is -0.128. The zero-order valence-electron chi connectivity index (χ0n) is 15.5. The molecular formula is C24H23NO2. The highest BCUT2D eigenvalue weighted by Crippen LogP contribution is 2.27. The van der Waals surface area contributed by atoms with Crippen LogP contribution in [0.5, 0.6) is 5.75 Å². The van der Waals surface area contributed by atoms with Gasteiger partial charge >= 0.3 is 5.97 Å². The summed E-state index contributed by atoms with van der Waals surface area (Å²) in [4.78, 5) is 13.9. The summed E-state index contributed by atoms with van der Waals surface area (Å²) in [6, 6.07) is 26.6. The van der Waals surface area contributed by atoms with Crippen molar-refractivity contribution in [2.24, 2.45) is 0 Å². The van der Waals surface area contributed by atoms with Gasteiger partial charge in [-0.15, -0.1) is 0 Å². The van der Waals surface area contributed by atoms with Gasteiger partial charge in [0.25, 0.3) is 0 Å². The molecule has 0 amide bonds. The third-order valence-corrected chi connectivity index (χ3v) is 4.22. The highest BCUT2D eigenvalue weighted by molar-refractivity contribution is 5.83. The molecule has 0 aliphatic rings. The van der Waals surface area contributed by atoms with Crippen LogP contribution in [0.2, 0.25) is 0 Å². The second-order valence-corrected chi connectivity index (χ2v) is 6.46. The van der Waals surface area contributed by atoms with E-state index in [9.17, 15) is 4.79 Å². The molecule has 27 heavy (non-hydrogen) atoms. The first-order valence-corrected chi connectivity index (χ1v) is 8.93. The Kier molecular flexibility index (Phi) is 6.06. The molecule has 3 aromatic carbocycles. The number of benzene rings is 3. The molecule has 3 rings (SSSR count). The summed E-state index contributed by atoms with van der Waals surface area (Å²) >= 11 is 0. The van der Waals surface area contributed by atoms with E-state index < -0.39 is 5.97 Å². The van der Waals surface area contributed by atoms with Crippen LogP contribution in [-0.2, 0) is 17.9 Å². The molecule has 0 fully saturated rings. The highest BCUT2D eigenvalue weighted by atomic mass is 16.5. The van der Waals surface area contributed by atoms with Crippen molar-refractivity contribution in [3.05, 3.63) is 108 Å². The Morgan fingerprint density at radius 2 is 1.48 bits per heavy atom. The van der Waals surface area contributed by atoms with E-state index in [4.69, 9.17) is 4.74 Å². The van der Waals surface area contributed by atoms with Crippen molar-refractivity contribution in [3.63, 3.8) is 0 Å². The van der Waals surface area contributed by atoms with Gasteiger partial charge in [0, 0.05) is 30.9 Å². The van der Waals surface area contributed by atoms with E-state index in [0.29, 0.717) is 5.75 Å². The van der Waals surface area contributed by atoms with Gasteiger partial charge in [0.15, 0.2) is 0 Å². The van der Waals surface area contributed by atoms with Crippen LogP contribution in [0.4, 0.5) is 5.69 Å². The van der Waals surface area contributed by atoms with Gasteiger partial charge in [0.2, 0.25) is 0 Å². The van der Waals surface area contributed by atoms with E-state index in [2.05, 4.69) is 41.8 Å². The van der Waals surface area contributed by atoms with Crippen LogP contribution in [0, 0.1) is 6.92 Å². The van der Waals surface area contributed by atoms with Crippen LogP contribution in [0.3, 0.4) is 0 Å². The Morgan fingerprint density at radius 3 is 2.00 bits per heavy atom. The number of hydrogen-bond acceptors (Lipinski definition) is 3. The fourth-order valence-electron chi connectivity index (χ4n) is 2.97. The van der Waals surface area contributed by atoms with Gasteiger partial charge in [0.1, 0.15) is 5.75 Å². The second kappa shape index (κ2) is 8.86. The Bertz CT molecular complexity index is 863. The van der Waals surface area contributed by atoms with Crippen molar-refractivity contribution in [3.8, 4) is 5.75 Å². The minimum atomic E-state index is -0.454. The molecular weight excluding hydrogens is 334 g/mol. The Morgan fingerprint density at radius 1 is 0.926 bits per heavy atom. The fourth-order valence-corrected chi connectivity index (χ4v) is 2.97. The molecule has 3 aromatic rings. The predicted octanol–water partition coefficient (Wildman–Crippen LogP) is 5.29. The SMILES string of the molecule is C=CC(=O)Oc1cc(C)cc(N(Cc2ccccc2)Cc2ccccc2)c1. The standard InChI is InChI=1S/C24H23NO2/c1-3-24(26)27-23-15-19(2)14-22(16-23)25(17-20-10-6-4-7-11-20)18-21-12-8-5-9-13-21/h3-16H,1,17-18H2,2H3. The summed E-state index contributed by atoms with van der Waals surface area (Å²) in [5, 5.41) is 0. The largest absolute Gasteiger partial charge is 0.423 e. The molecule has 0 spiro atoms. The summed E-state index contributed by atoms with van der Waals surface area (Å²) in [7, 11) is 0. The molecule has 0 unspecified atom stereocenters. The summed E-state index contributed by atoms with van der Waals surface area (Å²) in [5.74, 6) is 0.0743. The van der Waals surface area contributed by atoms with Crippen molar-refractivity contribution in [1.82, 2.24) is 0 Å². The molecule has 0 N–H and O–H groups in total. The molecule has 0 saturated carbocycles.